The Morgan fingerprint density at radius 2 is 2.13 bits per heavy atom. The third-order valence-electron chi connectivity index (χ3n) is 2.31. The summed E-state index contributed by atoms with van der Waals surface area (Å²) in [4.78, 5) is 15.3. The zero-order chi connectivity index (χ0) is 10.8. The van der Waals surface area contributed by atoms with E-state index < -0.39 is 0 Å². The molecule has 0 amide bonds. The predicted molar refractivity (Wildman–Crippen MR) is 64.2 cm³/mol. The zero-order valence-corrected chi connectivity index (χ0v) is 9.29. The quantitative estimate of drug-likeness (QED) is 0.783. The number of thiol groups is 1. The number of hydrogen-bond acceptors (Lipinski definition) is 2. The van der Waals surface area contributed by atoms with E-state index in [0.717, 1.165) is 22.2 Å². The van der Waals surface area contributed by atoms with E-state index >= 15 is 0 Å². The van der Waals surface area contributed by atoms with Crippen molar-refractivity contribution in [2.24, 2.45) is 0 Å². The number of nitrogens with zero attached hydrogens (tertiary/aromatic N) is 1. The Kier molecular flexibility index (Phi) is 2.73. The molecule has 76 valence electrons. The van der Waals surface area contributed by atoms with Gasteiger partial charge in [0, 0.05) is 11.1 Å². The van der Waals surface area contributed by atoms with Crippen LogP contribution in [0.5, 0.6) is 0 Å². The second-order valence-corrected chi connectivity index (χ2v) is 4.02. The van der Waals surface area contributed by atoms with Gasteiger partial charge in [0.2, 0.25) is 0 Å². The maximum absolute atomic E-state index is 10.9. The van der Waals surface area contributed by atoms with Crippen LogP contribution < -0.4 is 0 Å². The van der Waals surface area contributed by atoms with Crippen LogP contribution in [-0.4, -0.2) is 10.1 Å². The average Bonchev–Trinajstić information content (AvgIpc) is 2.16. The van der Waals surface area contributed by atoms with Crippen molar-refractivity contribution in [1.82, 2.24) is 4.98 Å². The number of para-hydroxylation sites is 1. The van der Waals surface area contributed by atoms with Crippen molar-refractivity contribution in [2.75, 3.05) is 0 Å². The minimum atomic E-state index is -0.155. The van der Waals surface area contributed by atoms with Crippen LogP contribution >= 0.6 is 12.6 Å². The van der Waals surface area contributed by atoms with Gasteiger partial charge in [-0.2, -0.15) is 0 Å². The number of aryl methyl sites for hydroxylation is 1. The van der Waals surface area contributed by atoms with Crippen LogP contribution in [0.25, 0.3) is 10.9 Å². The molecule has 2 aromatic rings. The Morgan fingerprint density at radius 3 is 2.87 bits per heavy atom. The number of aromatic nitrogens is 1. The van der Waals surface area contributed by atoms with Gasteiger partial charge in [0.25, 0.3) is 0 Å². The SMILES string of the molecule is Cc1cc(CC(=O)S)nc2ccccc12. The number of rotatable bonds is 2. The summed E-state index contributed by atoms with van der Waals surface area (Å²) < 4.78 is 0. The smallest absolute Gasteiger partial charge is 0.191 e. The monoisotopic (exact) mass is 217 g/mol. The highest BCUT2D eigenvalue weighted by atomic mass is 32.1. The molecule has 1 aromatic heterocycles. The van der Waals surface area contributed by atoms with Crippen molar-refractivity contribution in [3.8, 4) is 0 Å². The minimum Gasteiger partial charge on any atom is -0.287 e. The molecule has 0 aliphatic carbocycles. The summed E-state index contributed by atoms with van der Waals surface area (Å²) >= 11 is 3.76. The van der Waals surface area contributed by atoms with Gasteiger partial charge in [-0.15, -0.1) is 12.6 Å². The number of hydrogen-bond donors (Lipinski definition) is 1. The van der Waals surface area contributed by atoms with Gasteiger partial charge in [0.05, 0.1) is 11.9 Å². The van der Waals surface area contributed by atoms with Gasteiger partial charge in [0.1, 0.15) is 0 Å². The summed E-state index contributed by atoms with van der Waals surface area (Å²) in [7, 11) is 0. The molecule has 2 rings (SSSR count). The Labute approximate surface area is 93.7 Å². The molecule has 0 aliphatic rings. The average molecular weight is 217 g/mol. The van der Waals surface area contributed by atoms with Crippen LogP contribution in [0.2, 0.25) is 0 Å². The van der Waals surface area contributed by atoms with Crippen LogP contribution in [0.3, 0.4) is 0 Å². The Hall–Kier alpha value is -1.35. The molecule has 0 saturated heterocycles. The summed E-state index contributed by atoms with van der Waals surface area (Å²) in [5, 5.41) is 0.977. The lowest BCUT2D eigenvalue weighted by atomic mass is 10.1. The number of carbonyl (C=O) groups is 1. The number of fused-ring (bicyclic) bond motifs is 1. The minimum absolute atomic E-state index is 0.155. The Bertz CT molecular complexity index is 522. The van der Waals surface area contributed by atoms with E-state index in [1.165, 1.54) is 0 Å². The fourth-order valence-electron chi connectivity index (χ4n) is 1.66. The molecule has 1 heterocycles. The zero-order valence-electron chi connectivity index (χ0n) is 8.40. The van der Waals surface area contributed by atoms with Gasteiger partial charge in [0.15, 0.2) is 5.12 Å². The number of carbonyl (C=O) groups excluding carboxylic acids is 1. The molecule has 3 heteroatoms. The van der Waals surface area contributed by atoms with Crippen molar-refractivity contribution in [1.29, 1.82) is 0 Å². The lowest BCUT2D eigenvalue weighted by molar-refractivity contribution is -0.110. The molecule has 2 nitrogen and oxygen atoms in total. The molecule has 0 N–H and O–H groups in total. The van der Waals surface area contributed by atoms with E-state index in [1.54, 1.807) is 0 Å². The summed E-state index contributed by atoms with van der Waals surface area (Å²) in [6.07, 6.45) is 0.286. The third-order valence-corrected chi connectivity index (χ3v) is 2.47. The Morgan fingerprint density at radius 1 is 1.40 bits per heavy atom. The third kappa shape index (κ3) is 2.18. The summed E-state index contributed by atoms with van der Waals surface area (Å²) in [6, 6.07) is 9.86. The molecular formula is C12H11NOS. The fraction of sp³-hybridized carbons (Fsp3) is 0.167. The van der Waals surface area contributed by atoms with Crippen molar-refractivity contribution >= 4 is 28.6 Å². The van der Waals surface area contributed by atoms with Crippen LogP contribution in [0.15, 0.2) is 30.3 Å². The van der Waals surface area contributed by atoms with Crippen LogP contribution in [0.1, 0.15) is 11.3 Å². The lowest BCUT2D eigenvalue weighted by Crippen LogP contribution is -1.98. The molecule has 0 saturated carbocycles. The Balaban J connectivity index is 2.57. The first kappa shape index (κ1) is 10.2. The van der Waals surface area contributed by atoms with Gasteiger partial charge < -0.3 is 0 Å². The van der Waals surface area contributed by atoms with Crippen molar-refractivity contribution in [3.63, 3.8) is 0 Å². The van der Waals surface area contributed by atoms with E-state index in [9.17, 15) is 4.79 Å². The first-order valence-electron chi connectivity index (χ1n) is 4.74. The van der Waals surface area contributed by atoms with Gasteiger partial charge in [-0.3, -0.25) is 9.78 Å². The van der Waals surface area contributed by atoms with Crippen LogP contribution in [-0.2, 0) is 11.2 Å². The van der Waals surface area contributed by atoms with Crippen molar-refractivity contribution < 1.29 is 4.79 Å². The first-order chi connectivity index (χ1) is 7.16. The second kappa shape index (κ2) is 4.03. The summed E-state index contributed by atoms with van der Waals surface area (Å²) in [5.74, 6) is 0. The first-order valence-corrected chi connectivity index (χ1v) is 5.18. The molecular weight excluding hydrogens is 206 g/mol. The highest BCUT2D eigenvalue weighted by Gasteiger charge is 2.04. The van der Waals surface area contributed by atoms with Crippen LogP contribution in [0, 0.1) is 6.92 Å². The molecule has 0 fully saturated rings. The van der Waals surface area contributed by atoms with Crippen molar-refractivity contribution in [2.45, 2.75) is 13.3 Å². The van der Waals surface area contributed by atoms with Gasteiger partial charge >= 0.3 is 0 Å². The predicted octanol–water partition coefficient (Wildman–Crippen LogP) is 2.54. The standard InChI is InChI=1S/C12H11NOS/c1-8-6-9(7-12(14)15)13-11-5-3-2-4-10(8)11/h2-6H,7H2,1H3,(H,14,15). The van der Waals surface area contributed by atoms with E-state index in [4.69, 9.17) is 0 Å². The fourth-order valence-corrected chi connectivity index (χ4v) is 1.83. The molecule has 15 heavy (non-hydrogen) atoms. The largest absolute Gasteiger partial charge is 0.287 e. The van der Waals surface area contributed by atoms with Gasteiger partial charge in [-0.1, -0.05) is 18.2 Å². The molecule has 0 bridgehead atoms. The highest BCUT2D eigenvalue weighted by molar-refractivity contribution is 7.96. The molecule has 0 aliphatic heterocycles. The lowest BCUT2D eigenvalue weighted by Gasteiger charge is -2.04. The molecule has 0 unspecified atom stereocenters. The second-order valence-electron chi connectivity index (χ2n) is 3.52. The molecule has 0 spiro atoms. The number of pyridine rings is 1. The highest BCUT2D eigenvalue weighted by Crippen LogP contribution is 2.17. The van der Waals surface area contributed by atoms with Gasteiger partial charge in [-0.25, -0.2) is 0 Å². The molecule has 1 aromatic carbocycles. The van der Waals surface area contributed by atoms with Crippen molar-refractivity contribution in [3.05, 3.63) is 41.6 Å². The molecule has 0 radical (unpaired) electrons. The topological polar surface area (TPSA) is 30.0 Å². The molecule has 0 atom stereocenters. The van der Waals surface area contributed by atoms with E-state index in [2.05, 4.69) is 17.6 Å². The normalized spacial score (nSPS) is 10.5. The summed E-state index contributed by atoms with van der Waals surface area (Å²) in [6.45, 7) is 2.02. The van der Waals surface area contributed by atoms with E-state index in [0.29, 0.717) is 0 Å². The maximum Gasteiger partial charge on any atom is 0.191 e. The van der Waals surface area contributed by atoms with E-state index in [-0.39, 0.29) is 11.5 Å². The van der Waals surface area contributed by atoms with Crippen LogP contribution in [0.4, 0.5) is 0 Å². The van der Waals surface area contributed by atoms with Gasteiger partial charge in [-0.05, 0) is 24.6 Å². The van der Waals surface area contributed by atoms with E-state index in [1.807, 2.05) is 37.3 Å². The number of benzene rings is 1. The summed E-state index contributed by atoms with van der Waals surface area (Å²) in [5.41, 5.74) is 2.86. The maximum atomic E-state index is 10.9.